The molecule has 9 nitrogen and oxygen atoms in total. The maximum atomic E-state index is 15.3. The molecule has 10 heteroatoms. The SMILES string of the molecule is COC(=O)C1=C(C(=O)OC)N(c2cccc(F)c2N2CCC(NC(=O)OC(C)(C)C)C2)C=CC=C1. The fourth-order valence-corrected chi connectivity index (χ4v) is 3.92. The monoisotopic (exact) mass is 487 g/mol. The predicted molar refractivity (Wildman–Crippen MR) is 128 cm³/mol. The van der Waals surface area contributed by atoms with Crippen molar-refractivity contribution in [2.45, 2.75) is 38.8 Å². The first-order valence-corrected chi connectivity index (χ1v) is 11.1. The van der Waals surface area contributed by atoms with Gasteiger partial charge in [0.2, 0.25) is 0 Å². The molecule has 1 aromatic carbocycles. The molecule has 1 atom stereocenters. The van der Waals surface area contributed by atoms with E-state index < -0.39 is 29.5 Å². The Kier molecular flexibility index (Phi) is 7.83. The Balaban J connectivity index is 1.98. The molecule has 1 saturated heterocycles. The molecule has 0 radical (unpaired) electrons. The van der Waals surface area contributed by atoms with Crippen LogP contribution >= 0.6 is 0 Å². The molecule has 0 aliphatic carbocycles. The molecule has 0 saturated carbocycles. The summed E-state index contributed by atoms with van der Waals surface area (Å²) >= 11 is 0. The molecule has 0 spiro atoms. The van der Waals surface area contributed by atoms with Gasteiger partial charge in [-0.05, 0) is 51.5 Å². The average molecular weight is 488 g/mol. The molecule has 1 amide bonds. The van der Waals surface area contributed by atoms with Gasteiger partial charge in [0.1, 0.15) is 17.1 Å². The van der Waals surface area contributed by atoms with Crippen LogP contribution in [0.25, 0.3) is 0 Å². The third kappa shape index (κ3) is 6.00. The highest BCUT2D eigenvalue weighted by Gasteiger charge is 2.33. The summed E-state index contributed by atoms with van der Waals surface area (Å²) in [5.41, 5.74) is -0.241. The van der Waals surface area contributed by atoms with Crippen LogP contribution in [0.15, 0.2) is 53.9 Å². The number of rotatable bonds is 5. The van der Waals surface area contributed by atoms with Crippen molar-refractivity contribution in [2.24, 2.45) is 0 Å². The summed E-state index contributed by atoms with van der Waals surface area (Å²) in [5.74, 6) is -2.05. The molecule has 1 aromatic rings. The van der Waals surface area contributed by atoms with Crippen LogP contribution in [-0.2, 0) is 23.8 Å². The first kappa shape index (κ1) is 25.8. The fraction of sp³-hybridized carbons (Fsp3) is 0.400. The molecule has 35 heavy (non-hydrogen) atoms. The minimum absolute atomic E-state index is 0.0366. The highest BCUT2D eigenvalue weighted by atomic mass is 19.1. The van der Waals surface area contributed by atoms with Gasteiger partial charge in [-0.3, -0.25) is 0 Å². The third-order valence-corrected chi connectivity index (χ3v) is 5.34. The Labute approximate surface area is 203 Å². The lowest BCUT2D eigenvalue weighted by atomic mass is 10.1. The number of hydrogen-bond acceptors (Lipinski definition) is 8. The minimum Gasteiger partial charge on any atom is -0.465 e. The van der Waals surface area contributed by atoms with Crippen LogP contribution in [0, 0.1) is 5.82 Å². The average Bonchev–Trinajstić information content (AvgIpc) is 3.12. The molecule has 0 bridgehead atoms. The quantitative estimate of drug-likeness (QED) is 0.499. The molecule has 3 rings (SSSR count). The number of allylic oxidation sites excluding steroid dienone is 2. The number of esters is 2. The maximum Gasteiger partial charge on any atom is 0.407 e. The van der Waals surface area contributed by atoms with Gasteiger partial charge in [-0.1, -0.05) is 12.1 Å². The van der Waals surface area contributed by atoms with Crippen molar-refractivity contribution < 1.29 is 33.0 Å². The summed E-state index contributed by atoms with van der Waals surface area (Å²) in [5, 5.41) is 2.82. The van der Waals surface area contributed by atoms with Gasteiger partial charge in [0.25, 0.3) is 0 Å². The van der Waals surface area contributed by atoms with Crippen LogP contribution in [0.5, 0.6) is 0 Å². The molecular weight excluding hydrogens is 457 g/mol. The second-order valence-corrected chi connectivity index (χ2v) is 9.00. The number of ether oxygens (including phenoxy) is 3. The van der Waals surface area contributed by atoms with E-state index in [4.69, 9.17) is 14.2 Å². The molecule has 2 aliphatic heterocycles. The van der Waals surface area contributed by atoms with Gasteiger partial charge in [0, 0.05) is 19.3 Å². The van der Waals surface area contributed by atoms with E-state index in [1.165, 1.54) is 37.3 Å². The van der Waals surface area contributed by atoms with Crippen molar-refractivity contribution in [3.63, 3.8) is 0 Å². The Hall–Kier alpha value is -3.82. The number of nitrogens with zero attached hydrogens (tertiary/aromatic N) is 2. The number of methoxy groups -OCH3 is 2. The van der Waals surface area contributed by atoms with Crippen molar-refractivity contribution in [3.8, 4) is 0 Å². The lowest BCUT2D eigenvalue weighted by molar-refractivity contribution is -0.139. The van der Waals surface area contributed by atoms with E-state index in [-0.39, 0.29) is 23.0 Å². The number of nitrogens with one attached hydrogen (secondary N) is 1. The van der Waals surface area contributed by atoms with Crippen LogP contribution in [0.1, 0.15) is 27.2 Å². The Morgan fingerprint density at radius 2 is 1.80 bits per heavy atom. The van der Waals surface area contributed by atoms with Gasteiger partial charge in [-0.15, -0.1) is 0 Å². The van der Waals surface area contributed by atoms with E-state index in [9.17, 15) is 14.4 Å². The lowest BCUT2D eigenvalue weighted by Gasteiger charge is -2.29. The molecular formula is C25H30FN3O6. The number of anilines is 2. The van der Waals surface area contributed by atoms with Crippen LogP contribution < -0.4 is 15.1 Å². The van der Waals surface area contributed by atoms with Crippen LogP contribution in [0.2, 0.25) is 0 Å². The molecule has 1 fully saturated rings. The summed E-state index contributed by atoms with van der Waals surface area (Å²) < 4.78 is 30.4. The van der Waals surface area contributed by atoms with E-state index >= 15 is 4.39 Å². The van der Waals surface area contributed by atoms with Gasteiger partial charge in [-0.25, -0.2) is 18.8 Å². The van der Waals surface area contributed by atoms with Gasteiger partial charge in [0.15, 0.2) is 0 Å². The summed E-state index contributed by atoms with van der Waals surface area (Å²) in [6.45, 7) is 6.10. The van der Waals surface area contributed by atoms with Crippen LogP contribution in [-0.4, -0.2) is 57.0 Å². The Morgan fingerprint density at radius 1 is 1.09 bits per heavy atom. The molecule has 0 aromatic heterocycles. The van der Waals surface area contributed by atoms with Crippen molar-refractivity contribution in [3.05, 3.63) is 59.7 Å². The summed E-state index contributed by atoms with van der Waals surface area (Å²) in [7, 11) is 2.40. The molecule has 2 heterocycles. The van der Waals surface area contributed by atoms with Gasteiger partial charge < -0.3 is 29.3 Å². The second-order valence-electron chi connectivity index (χ2n) is 9.00. The number of amides is 1. The number of carbonyl (C=O) groups excluding carboxylic acids is 3. The van der Waals surface area contributed by atoms with Crippen molar-refractivity contribution >= 4 is 29.4 Å². The van der Waals surface area contributed by atoms with E-state index in [0.29, 0.717) is 25.2 Å². The topological polar surface area (TPSA) is 97.4 Å². The zero-order chi connectivity index (χ0) is 25.8. The number of carbonyl (C=O) groups is 3. The summed E-state index contributed by atoms with van der Waals surface area (Å²) in [6.07, 6.45) is 6.19. The van der Waals surface area contributed by atoms with Crippen LogP contribution in [0.3, 0.4) is 0 Å². The largest absolute Gasteiger partial charge is 0.465 e. The minimum atomic E-state index is -0.789. The zero-order valence-corrected chi connectivity index (χ0v) is 20.5. The summed E-state index contributed by atoms with van der Waals surface area (Å²) in [6, 6.07) is 4.20. The maximum absolute atomic E-state index is 15.3. The van der Waals surface area contributed by atoms with Gasteiger partial charge in [0.05, 0.1) is 37.2 Å². The normalized spacial score (nSPS) is 17.8. The van der Waals surface area contributed by atoms with Crippen molar-refractivity contribution in [2.75, 3.05) is 37.1 Å². The summed E-state index contributed by atoms with van der Waals surface area (Å²) in [4.78, 5) is 40.6. The first-order chi connectivity index (χ1) is 16.6. The molecule has 1 N–H and O–H groups in total. The standard InChI is InChI=1S/C25H30FN3O6/c1-25(2,3)35-24(32)27-16-12-14-28(15-16)21-18(26)10-8-11-19(21)29-13-7-6-9-17(22(30)33-4)20(29)23(31)34-5/h6-11,13,16H,12,14-15H2,1-5H3,(H,27,32). The number of halogens is 1. The fourth-order valence-electron chi connectivity index (χ4n) is 3.92. The van der Waals surface area contributed by atoms with E-state index in [0.717, 1.165) is 0 Å². The molecule has 1 unspecified atom stereocenters. The number of hydrogen-bond donors (Lipinski definition) is 1. The predicted octanol–water partition coefficient (Wildman–Crippen LogP) is 3.42. The van der Waals surface area contributed by atoms with Crippen molar-refractivity contribution in [1.29, 1.82) is 0 Å². The molecule has 188 valence electrons. The van der Waals surface area contributed by atoms with Gasteiger partial charge >= 0.3 is 18.0 Å². The second kappa shape index (κ2) is 10.6. The van der Waals surface area contributed by atoms with E-state index in [1.807, 2.05) is 0 Å². The third-order valence-electron chi connectivity index (χ3n) is 5.34. The van der Waals surface area contributed by atoms with Gasteiger partial charge in [-0.2, -0.15) is 0 Å². The van der Waals surface area contributed by atoms with Crippen LogP contribution in [0.4, 0.5) is 20.6 Å². The van der Waals surface area contributed by atoms with Crippen molar-refractivity contribution in [1.82, 2.24) is 5.32 Å². The number of alkyl carbamates (subject to hydrolysis) is 1. The Morgan fingerprint density at radius 3 is 2.46 bits per heavy atom. The van der Waals surface area contributed by atoms with E-state index in [2.05, 4.69) is 5.32 Å². The zero-order valence-electron chi connectivity index (χ0n) is 20.5. The highest BCUT2D eigenvalue weighted by molar-refractivity contribution is 6.06. The first-order valence-electron chi connectivity index (χ1n) is 11.1. The smallest absolute Gasteiger partial charge is 0.407 e. The Bertz CT molecular complexity index is 1090. The van der Waals surface area contributed by atoms with E-state index in [1.54, 1.807) is 50.1 Å². The number of benzene rings is 1. The highest BCUT2D eigenvalue weighted by Crippen LogP contribution is 2.38. The number of para-hydroxylation sites is 1. The lowest BCUT2D eigenvalue weighted by Crippen LogP contribution is -2.40. The molecule has 2 aliphatic rings.